The van der Waals surface area contributed by atoms with Crippen LogP contribution in [0.15, 0.2) is 41.5 Å². The van der Waals surface area contributed by atoms with Gasteiger partial charge in [0.25, 0.3) is 0 Å². The normalized spacial score (nSPS) is 16.4. The number of hydrogen-bond acceptors (Lipinski definition) is 1. The molecule has 0 spiro atoms. The predicted molar refractivity (Wildman–Crippen MR) is 89.0 cm³/mol. The van der Waals surface area contributed by atoms with E-state index in [4.69, 9.17) is 0 Å². The van der Waals surface area contributed by atoms with E-state index in [9.17, 15) is 4.79 Å². The first-order valence-electron chi connectivity index (χ1n) is 7.74. The Labute approximate surface area is 127 Å². The Bertz CT molecular complexity index is 494. The molecule has 0 amide bonds. The minimum absolute atomic E-state index is 0.295. The van der Waals surface area contributed by atoms with Crippen LogP contribution in [0, 0.1) is 0 Å². The number of allylic oxidation sites excluding steroid dienone is 2. The van der Waals surface area contributed by atoms with Crippen LogP contribution in [0.25, 0.3) is 0 Å². The number of carbonyl (C=O) groups excluding carboxylic acids is 1. The Morgan fingerprint density at radius 2 is 1.60 bits per heavy atom. The van der Waals surface area contributed by atoms with Crippen molar-refractivity contribution in [1.82, 2.24) is 0 Å². The van der Waals surface area contributed by atoms with Gasteiger partial charge in [-0.25, -0.2) is 0 Å². The standard InChI is InChI=1S/C15H17O.3CH3.Sn/c1-12-7-5-6-10-14(12)11-15(16)13-8-3-2-4-9-13;;;;/h2-4,8-9H,1,5-7,10-11H2;3*1H3;. The molecule has 20 heavy (non-hydrogen) atoms. The second-order valence-corrected chi connectivity index (χ2v) is 22.7. The maximum absolute atomic E-state index is 12.4. The topological polar surface area (TPSA) is 17.1 Å². The fraction of sp³-hybridized carbons (Fsp3) is 0.500. The average Bonchev–Trinajstić information content (AvgIpc) is 2.40. The summed E-state index contributed by atoms with van der Waals surface area (Å²) in [6, 6.07) is 9.75. The van der Waals surface area contributed by atoms with Crippen LogP contribution in [0.1, 0.15) is 42.5 Å². The van der Waals surface area contributed by atoms with E-state index in [0.717, 1.165) is 12.0 Å². The van der Waals surface area contributed by atoms with E-state index < -0.39 is 18.4 Å². The van der Waals surface area contributed by atoms with Crippen LogP contribution in [0.3, 0.4) is 0 Å². The molecule has 0 saturated carbocycles. The van der Waals surface area contributed by atoms with Gasteiger partial charge in [-0.2, -0.15) is 0 Å². The van der Waals surface area contributed by atoms with E-state index in [1.54, 1.807) is 5.57 Å². The van der Waals surface area contributed by atoms with Crippen LogP contribution < -0.4 is 0 Å². The second-order valence-electron chi connectivity index (χ2n) is 7.12. The first-order valence-corrected chi connectivity index (χ1v) is 18.3. The summed E-state index contributed by atoms with van der Waals surface area (Å²) < 4.78 is 1.34. The molecular weight excluding hydrogens is 351 g/mol. The summed E-state index contributed by atoms with van der Waals surface area (Å²) in [6.45, 7) is 0. The van der Waals surface area contributed by atoms with Gasteiger partial charge in [-0.15, -0.1) is 0 Å². The van der Waals surface area contributed by atoms with E-state index in [1.807, 2.05) is 30.3 Å². The van der Waals surface area contributed by atoms with Crippen molar-refractivity contribution in [2.45, 2.75) is 51.4 Å². The third-order valence-electron chi connectivity index (χ3n) is 3.92. The number of carbonyl (C=O) groups is 1. The number of hydrogen-bond donors (Lipinski definition) is 0. The summed E-state index contributed by atoms with van der Waals surface area (Å²) >= 11 is -1.80. The van der Waals surface area contributed by atoms with Gasteiger partial charge in [0.2, 0.25) is 0 Å². The van der Waals surface area contributed by atoms with Crippen LogP contribution in [0.2, 0.25) is 19.3 Å². The summed E-state index contributed by atoms with van der Waals surface area (Å²) in [4.78, 5) is 19.9. The van der Waals surface area contributed by atoms with E-state index in [0.29, 0.717) is 12.2 Å². The van der Waals surface area contributed by atoms with E-state index >= 15 is 0 Å². The average molecular weight is 377 g/mol. The molecule has 1 aliphatic carbocycles. The summed E-state index contributed by atoms with van der Waals surface area (Å²) in [5.41, 5.74) is 3.98. The van der Waals surface area contributed by atoms with Crippen molar-refractivity contribution >= 4 is 24.2 Å². The molecule has 0 heterocycles. The van der Waals surface area contributed by atoms with Crippen molar-refractivity contribution in [3.05, 3.63) is 47.0 Å². The van der Waals surface area contributed by atoms with E-state index in [1.165, 1.54) is 29.3 Å². The van der Waals surface area contributed by atoms with Crippen LogP contribution in [0.4, 0.5) is 0 Å². The molecule has 0 fully saturated rings. The van der Waals surface area contributed by atoms with Gasteiger partial charge < -0.3 is 0 Å². The number of rotatable bonds is 5. The van der Waals surface area contributed by atoms with Crippen LogP contribution in [0.5, 0.6) is 0 Å². The molecule has 0 aliphatic heterocycles. The van der Waals surface area contributed by atoms with Gasteiger partial charge in [0.1, 0.15) is 0 Å². The Balaban J connectivity index is 2.14. The molecule has 0 unspecified atom stereocenters. The Morgan fingerprint density at radius 1 is 1.00 bits per heavy atom. The second kappa shape index (κ2) is 6.93. The molecule has 0 bridgehead atoms. The third kappa shape index (κ3) is 4.76. The zero-order valence-corrected chi connectivity index (χ0v) is 15.9. The van der Waals surface area contributed by atoms with Gasteiger partial charge in [-0.05, 0) is 0 Å². The number of Topliss-reactive ketones (excluding diaryl/α,β-unsaturated/α-hetero) is 1. The van der Waals surface area contributed by atoms with Crippen LogP contribution >= 0.6 is 0 Å². The molecular formula is C18H26OSn. The fourth-order valence-corrected chi connectivity index (χ4v) is 7.89. The quantitative estimate of drug-likeness (QED) is 0.378. The zero-order chi connectivity index (χ0) is 14.6. The number of ketones is 1. The van der Waals surface area contributed by atoms with Crippen LogP contribution in [-0.2, 0) is 0 Å². The molecule has 0 radical (unpaired) electrons. The SMILES string of the molecule is [CH3][Sn]([CH3])([CH3])[CH2]C1=C(CC(=O)c2ccccc2)CCCC1. The summed E-state index contributed by atoms with van der Waals surface area (Å²) in [5.74, 6) is 0.295. The van der Waals surface area contributed by atoms with Gasteiger partial charge in [-0.1, -0.05) is 0 Å². The van der Waals surface area contributed by atoms with Crippen molar-refractivity contribution in [3.63, 3.8) is 0 Å². The molecule has 2 heteroatoms. The molecule has 0 saturated heterocycles. The van der Waals surface area contributed by atoms with Crippen molar-refractivity contribution in [2.75, 3.05) is 0 Å². The van der Waals surface area contributed by atoms with Gasteiger partial charge in [0, 0.05) is 0 Å². The monoisotopic (exact) mass is 378 g/mol. The molecule has 2 rings (SSSR count). The third-order valence-corrected chi connectivity index (χ3v) is 8.17. The predicted octanol–water partition coefficient (Wildman–Crippen LogP) is 5.47. The number of benzene rings is 1. The van der Waals surface area contributed by atoms with Gasteiger partial charge in [0.05, 0.1) is 0 Å². The zero-order valence-electron chi connectivity index (χ0n) is 13.0. The Morgan fingerprint density at radius 3 is 2.20 bits per heavy atom. The van der Waals surface area contributed by atoms with E-state index in [2.05, 4.69) is 14.8 Å². The fourth-order valence-electron chi connectivity index (χ4n) is 3.02. The van der Waals surface area contributed by atoms with Gasteiger partial charge in [0.15, 0.2) is 0 Å². The summed E-state index contributed by atoms with van der Waals surface area (Å²) in [5, 5.41) is 0. The van der Waals surface area contributed by atoms with Gasteiger partial charge in [-0.3, -0.25) is 0 Å². The first-order chi connectivity index (χ1) is 9.46. The van der Waals surface area contributed by atoms with Crippen LogP contribution in [-0.4, -0.2) is 24.2 Å². The molecule has 0 N–H and O–H groups in total. The van der Waals surface area contributed by atoms with E-state index in [-0.39, 0.29) is 0 Å². The van der Waals surface area contributed by atoms with Crippen molar-refractivity contribution < 1.29 is 4.79 Å². The van der Waals surface area contributed by atoms with Gasteiger partial charge >= 0.3 is 127 Å². The Kier molecular flexibility index (Phi) is 5.48. The molecule has 1 nitrogen and oxygen atoms in total. The minimum atomic E-state index is -1.80. The first kappa shape index (κ1) is 15.8. The molecule has 1 aliphatic rings. The summed E-state index contributed by atoms with van der Waals surface area (Å²) in [6.07, 6.45) is 5.63. The Hall–Kier alpha value is -0.571. The van der Waals surface area contributed by atoms with Crippen molar-refractivity contribution in [1.29, 1.82) is 0 Å². The molecule has 0 atom stereocenters. The summed E-state index contributed by atoms with van der Waals surface area (Å²) in [7, 11) is 0. The molecule has 1 aromatic rings. The van der Waals surface area contributed by atoms with Crippen molar-refractivity contribution in [3.8, 4) is 0 Å². The molecule has 1 aromatic carbocycles. The van der Waals surface area contributed by atoms with Crippen molar-refractivity contribution in [2.24, 2.45) is 0 Å². The maximum atomic E-state index is 12.4. The molecule has 108 valence electrons. The molecule has 0 aromatic heterocycles.